The van der Waals surface area contributed by atoms with Crippen LogP contribution in [0, 0.1) is 0 Å². The minimum Gasteiger partial charge on any atom is -0.249 e. The Morgan fingerprint density at radius 2 is 2.23 bits per heavy atom. The standard InChI is InChI=1S/C8H10Br2N2S/c1-2-12(13)5-6-4-11-8(10)3-7(6)9/h3-4,13H,2,5H2,1H3. The maximum absolute atomic E-state index is 4.29. The van der Waals surface area contributed by atoms with Gasteiger partial charge in [-0.2, -0.15) is 0 Å². The highest BCUT2D eigenvalue weighted by atomic mass is 79.9. The predicted molar refractivity (Wildman–Crippen MR) is 64.7 cm³/mol. The van der Waals surface area contributed by atoms with E-state index in [1.54, 1.807) is 0 Å². The van der Waals surface area contributed by atoms with E-state index in [2.05, 4.69) is 56.6 Å². The summed E-state index contributed by atoms with van der Waals surface area (Å²) in [5.74, 6) is 0. The second kappa shape index (κ2) is 5.34. The van der Waals surface area contributed by atoms with Gasteiger partial charge < -0.3 is 0 Å². The van der Waals surface area contributed by atoms with Crippen molar-refractivity contribution in [3.05, 3.63) is 26.9 Å². The van der Waals surface area contributed by atoms with Crippen molar-refractivity contribution in [3.63, 3.8) is 0 Å². The molecule has 1 aromatic rings. The monoisotopic (exact) mass is 324 g/mol. The number of rotatable bonds is 3. The van der Waals surface area contributed by atoms with Crippen LogP contribution in [-0.2, 0) is 6.54 Å². The van der Waals surface area contributed by atoms with Gasteiger partial charge in [-0.25, -0.2) is 9.29 Å². The molecule has 0 unspecified atom stereocenters. The van der Waals surface area contributed by atoms with Crippen LogP contribution < -0.4 is 0 Å². The number of nitrogens with zero attached hydrogens (tertiary/aromatic N) is 2. The van der Waals surface area contributed by atoms with Crippen molar-refractivity contribution in [2.24, 2.45) is 0 Å². The molecule has 13 heavy (non-hydrogen) atoms. The summed E-state index contributed by atoms with van der Waals surface area (Å²) in [6.45, 7) is 3.76. The minimum atomic E-state index is 0.792. The lowest BCUT2D eigenvalue weighted by molar-refractivity contribution is 0.497. The Balaban J connectivity index is 2.77. The average molecular weight is 326 g/mol. The van der Waals surface area contributed by atoms with Crippen molar-refractivity contribution < 1.29 is 0 Å². The quantitative estimate of drug-likeness (QED) is 0.678. The number of hydrogen-bond donors (Lipinski definition) is 1. The molecule has 0 aliphatic rings. The molecule has 0 aliphatic heterocycles. The second-order valence-electron chi connectivity index (χ2n) is 2.58. The van der Waals surface area contributed by atoms with Gasteiger partial charge in [-0.3, -0.25) is 0 Å². The molecule has 0 aromatic carbocycles. The lowest BCUT2D eigenvalue weighted by atomic mass is 10.3. The normalized spacial score (nSPS) is 10.8. The summed E-state index contributed by atoms with van der Waals surface area (Å²) >= 11 is 11.1. The molecule has 1 rings (SSSR count). The van der Waals surface area contributed by atoms with E-state index in [1.807, 2.05) is 16.6 Å². The molecule has 0 saturated heterocycles. The van der Waals surface area contributed by atoms with Crippen LogP contribution in [-0.4, -0.2) is 15.8 Å². The highest BCUT2D eigenvalue weighted by Gasteiger charge is 2.04. The molecule has 0 bridgehead atoms. The summed E-state index contributed by atoms with van der Waals surface area (Å²) in [6.07, 6.45) is 1.84. The average Bonchev–Trinajstić information content (AvgIpc) is 2.09. The smallest absolute Gasteiger partial charge is 0.107 e. The topological polar surface area (TPSA) is 16.1 Å². The minimum absolute atomic E-state index is 0.792. The van der Waals surface area contributed by atoms with Gasteiger partial charge in [0.15, 0.2) is 0 Å². The molecule has 72 valence electrons. The molecular formula is C8H10Br2N2S. The van der Waals surface area contributed by atoms with E-state index >= 15 is 0 Å². The van der Waals surface area contributed by atoms with Gasteiger partial charge in [0, 0.05) is 23.8 Å². The lowest BCUT2D eigenvalue weighted by Crippen LogP contribution is -2.11. The van der Waals surface area contributed by atoms with Crippen LogP contribution in [0.4, 0.5) is 0 Å². The fourth-order valence-corrected chi connectivity index (χ4v) is 2.10. The summed E-state index contributed by atoms with van der Waals surface area (Å²) in [6, 6.07) is 1.94. The number of hydrogen-bond acceptors (Lipinski definition) is 3. The third kappa shape index (κ3) is 3.58. The molecule has 1 aromatic heterocycles. The van der Waals surface area contributed by atoms with Gasteiger partial charge in [-0.1, -0.05) is 35.7 Å². The van der Waals surface area contributed by atoms with Crippen LogP contribution in [0.1, 0.15) is 12.5 Å². The lowest BCUT2D eigenvalue weighted by Gasteiger charge is -2.13. The van der Waals surface area contributed by atoms with E-state index in [0.717, 1.165) is 27.7 Å². The zero-order valence-corrected chi connectivity index (χ0v) is 11.2. The van der Waals surface area contributed by atoms with Gasteiger partial charge in [0.2, 0.25) is 0 Å². The summed E-state index contributed by atoms with van der Waals surface area (Å²) < 4.78 is 3.82. The van der Waals surface area contributed by atoms with Crippen LogP contribution >= 0.6 is 44.7 Å². The van der Waals surface area contributed by atoms with Crippen molar-refractivity contribution in [1.29, 1.82) is 0 Å². The SMILES string of the molecule is CCN(S)Cc1cnc(Br)cc1Br. The molecule has 0 N–H and O–H groups in total. The van der Waals surface area contributed by atoms with Gasteiger partial charge in [0.25, 0.3) is 0 Å². The first kappa shape index (κ1) is 11.5. The summed E-state index contributed by atoms with van der Waals surface area (Å²) in [4.78, 5) is 4.15. The third-order valence-electron chi connectivity index (χ3n) is 1.61. The van der Waals surface area contributed by atoms with Crippen molar-refractivity contribution >= 4 is 44.7 Å². The van der Waals surface area contributed by atoms with E-state index in [0.29, 0.717) is 0 Å². The van der Waals surface area contributed by atoms with E-state index in [9.17, 15) is 0 Å². The van der Waals surface area contributed by atoms with Crippen molar-refractivity contribution in [3.8, 4) is 0 Å². The largest absolute Gasteiger partial charge is 0.249 e. The van der Waals surface area contributed by atoms with Crippen LogP contribution in [0.3, 0.4) is 0 Å². The fourth-order valence-electron chi connectivity index (χ4n) is 0.861. The van der Waals surface area contributed by atoms with Crippen molar-refractivity contribution in [1.82, 2.24) is 9.29 Å². The molecule has 1 heterocycles. The van der Waals surface area contributed by atoms with Crippen LogP contribution in [0.2, 0.25) is 0 Å². The second-order valence-corrected chi connectivity index (χ2v) is 4.81. The van der Waals surface area contributed by atoms with Crippen LogP contribution in [0.25, 0.3) is 0 Å². The molecule has 0 radical (unpaired) electrons. The van der Waals surface area contributed by atoms with Gasteiger partial charge >= 0.3 is 0 Å². The molecule has 5 heteroatoms. The summed E-state index contributed by atoms with van der Waals surface area (Å²) in [5.41, 5.74) is 1.14. The van der Waals surface area contributed by atoms with Crippen molar-refractivity contribution in [2.75, 3.05) is 6.54 Å². The molecule has 0 fully saturated rings. The molecule has 0 spiro atoms. The van der Waals surface area contributed by atoms with E-state index in [-0.39, 0.29) is 0 Å². The summed E-state index contributed by atoms with van der Waals surface area (Å²) in [7, 11) is 0. The highest BCUT2D eigenvalue weighted by molar-refractivity contribution is 9.11. The third-order valence-corrected chi connectivity index (χ3v) is 3.21. The Morgan fingerprint density at radius 1 is 1.54 bits per heavy atom. The first-order valence-corrected chi connectivity index (χ1v) is 5.85. The van der Waals surface area contributed by atoms with E-state index in [4.69, 9.17) is 0 Å². The molecule has 0 atom stereocenters. The Hall–Kier alpha value is 0.420. The molecule has 0 saturated carbocycles. The highest BCUT2D eigenvalue weighted by Crippen LogP contribution is 2.21. The fraction of sp³-hybridized carbons (Fsp3) is 0.375. The Morgan fingerprint density at radius 3 is 2.77 bits per heavy atom. The van der Waals surface area contributed by atoms with E-state index < -0.39 is 0 Å². The number of pyridine rings is 1. The van der Waals surface area contributed by atoms with Gasteiger partial charge in [0.05, 0.1) is 0 Å². The van der Waals surface area contributed by atoms with E-state index in [1.165, 1.54) is 0 Å². The number of aromatic nitrogens is 1. The van der Waals surface area contributed by atoms with Gasteiger partial charge in [-0.05, 0) is 27.6 Å². The zero-order chi connectivity index (χ0) is 9.84. The molecular weight excluding hydrogens is 316 g/mol. The number of thiol groups is 1. The van der Waals surface area contributed by atoms with Crippen LogP contribution in [0.15, 0.2) is 21.3 Å². The summed E-state index contributed by atoms with van der Waals surface area (Å²) in [5, 5.41) is 0. The molecule has 0 aliphatic carbocycles. The van der Waals surface area contributed by atoms with Crippen LogP contribution in [0.5, 0.6) is 0 Å². The van der Waals surface area contributed by atoms with Crippen molar-refractivity contribution in [2.45, 2.75) is 13.5 Å². The zero-order valence-electron chi connectivity index (χ0n) is 7.17. The Labute approximate surface area is 101 Å². The van der Waals surface area contributed by atoms with Gasteiger partial charge in [0.1, 0.15) is 4.60 Å². The maximum Gasteiger partial charge on any atom is 0.107 e. The van der Waals surface area contributed by atoms with Gasteiger partial charge in [-0.15, -0.1) is 0 Å². The molecule has 2 nitrogen and oxygen atoms in total. The first-order valence-electron chi connectivity index (χ1n) is 3.87. The Bertz CT molecular complexity index is 293. The Kier molecular flexibility index (Phi) is 4.72. The predicted octanol–water partition coefficient (Wildman–Crippen LogP) is 3.27. The molecule has 0 amide bonds. The maximum atomic E-state index is 4.29. The first-order chi connectivity index (χ1) is 6.13. The number of halogens is 2.